The minimum absolute atomic E-state index is 0.121. The zero-order valence-corrected chi connectivity index (χ0v) is 11.5. The minimum Gasteiger partial charge on any atom is -0.393 e. The largest absolute Gasteiger partial charge is 0.393 e. The fourth-order valence-corrected chi connectivity index (χ4v) is 2.70. The monoisotopic (exact) mass is 260 g/mol. The van der Waals surface area contributed by atoms with Gasteiger partial charge in [-0.05, 0) is 32.8 Å². The number of rotatable bonds is 2. The summed E-state index contributed by atoms with van der Waals surface area (Å²) in [7, 11) is 0. The second kappa shape index (κ2) is 4.90. The Balaban J connectivity index is 1.80. The fraction of sp³-hybridized carbons (Fsp3) is 0.571. The van der Waals surface area contributed by atoms with Gasteiger partial charge in [-0.1, -0.05) is 0 Å². The van der Waals surface area contributed by atoms with Gasteiger partial charge in [-0.25, -0.2) is 9.97 Å². The van der Waals surface area contributed by atoms with Gasteiger partial charge >= 0.3 is 0 Å². The average Bonchev–Trinajstić information content (AvgIpc) is 2.75. The molecule has 1 N–H and O–H groups in total. The summed E-state index contributed by atoms with van der Waals surface area (Å²) in [6.45, 7) is 6.80. The molecule has 0 amide bonds. The van der Waals surface area contributed by atoms with Crippen LogP contribution in [-0.4, -0.2) is 43.6 Å². The molecule has 3 rings (SSSR count). The van der Waals surface area contributed by atoms with Gasteiger partial charge in [-0.2, -0.15) is 0 Å². The first-order valence-corrected chi connectivity index (χ1v) is 6.84. The number of aliphatic hydroxyl groups excluding tert-OH is 1. The summed E-state index contributed by atoms with van der Waals surface area (Å²) in [6, 6.07) is 2.07. The van der Waals surface area contributed by atoms with Gasteiger partial charge < -0.3 is 5.11 Å². The van der Waals surface area contributed by atoms with Gasteiger partial charge in [0.25, 0.3) is 0 Å². The Morgan fingerprint density at radius 3 is 2.74 bits per heavy atom. The van der Waals surface area contributed by atoms with Crippen molar-refractivity contribution in [1.82, 2.24) is 19.3 Å². The third-order valence-electron chi connectivity index (χ3n) is 3.75. The van der Waals surface area contributed by atoms with E-state index in [0.29, 0.717) is 0 Å². The van der Waals surface area contributed by atoms with Crippen molar-refractivity contribution in [2.75, 3.05) is 13.1 Å². The maximum Gasteiger partial charge on any atom is 0.234 e. The molecule has 102 valence electrons. The van der Waals surface area contributed by atoms with Crippen LogP contribution in [0.15, 0.2) is 12.3 Å². The lowest BCUT2D eigenvalue weighted by Gasteiger charge is -2.28. The lowest BCUT2D eigenvalue weighted by Crippen LogP contribution is -2.35. The topological polar surface area (TPSA) is 53.7 Å². The Morgan fingerprint density at radius 2 is 2.00 bits per heavy atom. The molecule has 0 saturated carbocycles. The van der Waals surface area contributed by atoms with Crippen molar-refractivity contribution in [2.45, 2.75) is 39.3 Å². The highest BCUT2D eigenvalue weighted by Gasteiger charge is 2.18. The zero-order chi connectivity index (χ0) is 13.4. The maximum atomic E-state index is 9.52. The van der Waals surface area contributed by atoms with Crippen molar-refractivity contribution in [3.63, 3.8) is 0 Å². The summed E-state index contributed by atoms with van der Waals surface area (Å²) in [6.07, 6.45) is 3.68. The van der Waals surface area contributed by atoms with Crippen LogP contribution < -0.4 is 0 Å². The average molecular weight is 260 g/mol. The first kappa shape index (κ1) is 12.6. The van der Waals surface area contributed by atoms with Crippen molar-refractivity contribution < 1.29 is 5.11 Å². The fourth-order valence-electron chi connectivity index (χ4n) is 2.70. The Kier molecular flexibility index (Phi) is 3.24. The second-order valence-corrected chi connectivity index (χ2v) is 5.45. The smallest absolute Gasteiger partial charge is 0.234 e. The molecule has 2 aromatic rings. The van der Waals surface area contributed by atoms with Crippen LogP contribution in [0.4, 0.5) is 0 Å². The first-order chi connectivity index (χ1) is 9.11. The van der Waals surface area contributed by atoms with Gasteiger partial charge in [0.05, 0.1) is 11.8 Å². The van der Waals surface area contributed by atoms with E-state index in [1.807, 2.05) is 11.3 Å². The maximum absolute atomic E-state index is 9.52. The Bertz CT molecular complexity index is 584. The molecule has 5 heteroatoms. The molecule has 0 aliphatic carbocycles. The molecule has 19 heavy (non-hydrogen) atoms. The van der Waals surface area contributed by atoms with Crippen molar-refractivity contribution >= 4 is 5.78 Å². The van der Waals surface area contributed by atoms with Crippen LogP contribution in [0.2, 0.25) is 0 Å². The standard InChI is InChI=1S/C14H20N4O/c1-10-7-11(2)18-9-12(16-14(18)15-10)8-17-5-3-13(19)4-6-17/h7,9,13,19H,3-6,8H2,1-2H3. The lowest BCUT2D eigenvalue weighted by atomic mass is 10.1. The van der Waals surface area contributed by atoms with Crippen LogP contribution in [-0.2, 0) is 6.54 Å². The minimum atomic E-state index is -0.121. The molecule has 1 saturated heterocycles. The van der Waals surface area contributed by atoms with Gasteiger partial charge in [-0.3, -0.25) is 9.30 Å². The van der Waals surface area contributed by atoms with E-state index in [-0.39, 0.29) is 6.10 Å². The number of fused-ring (bicyclic) bond motifs is 1. The molecule has 0 unspecified atom stereocenters. The quantitative estimate of drug-likeness (QED) is 0.884. The normalized spacial score (nSPS) is 18.3. The van der Waals surface area contributed by atoms with Crippen LogP contribution in [0.25, 0.3) is 5.78 Å². The first-order valence-electron chi connectivity index (χ1n) is 6.84. The Labute approximate surface area is 112 Å². The summed E-state index contributed by atoms with van der Waals surface area (Å²) < 4.78 is 2.04. The molecule has 3 heterocycles. The van der Waals surface area contributed by atoms with E-state index in [9.17, 15) is 5.11 Å². The van der Waals surface area contributed by atoms with Crippen LogP contribution in [0, 0.1) is 13.8 Å². The molecule has 1 fully saturated rings. The molecule has 0 atom stereocenters. The number of hydrogen-bond donors (Lipinski definition) is 1. The van der Waals surface area contributed by atoms with E-state index < -0.39 is 0 Å². The third-order valence-corrected chi connectivity index (χ3v) is 3.75. The van der Waals surface area contributed by atoms with E-state index in [2.05, 4.69) is 34.1 Å². The van der Waals surface area contributed by atoms with Gasteiger partial charge in [0, 0.05) is 37.2 Å². The van der Waals surface area contributed by atoms with Gasteiger partial charge in [0.2, 0.25) is 5.78 Å². The molecule has 0 bridgehead atoms. The Morgan fingerprint density at radius 1 is 1.26 bits per heavy atom. The highest BCUT2D eigenvalue weighted by molar-refractivity contribution is 5.34. The van der Waals surface area contributed by atoms with Crippen molar-refractivity contribution in [3.8, 4) is 0 Å². The molecular formula is C14H20N4O. The predicted molar refractivity (Wildman–Crippen MR) is 73.0 cm³/mol. The highest BCUT2D eigenvalue weighted by Crippen LogP contribution is 2.14. The van der Waals surface area contributed by atoms with E-state index in [4.69, 9.17) is 0 Å². The van der Waals surface area contributed by atoms with Crippen molar-refractivity contribution in [2.24, 2.45) is 0 Å². The van der Waals surface area contributed by atoms with Gasteiger partial charge in [-0.15, -0.1) is 0 Å². The molecule has 1 aliphatic rings. The number of aromatic nitrogens is 3. The van der Waals surface area contributed by atoms with Crippen LogP contribution >= 0.6 is 0 Å². The summed E-state index contributed by atoms with van der Waals surface area (Å²) in [4.78, 5) is 11.4. The molecule has 2 aromatic heterocycles. The molecule has 0 aromatic carbocycles. The number of hydrogen-bond acceptors (Lipinski definition) is 4. The molecule has 1 aliphatic heterocycles. The number of likely N-dealkylation sites (tertiary alicyclic amines) is 1. The highest BCUT2D eigenvalue weighted by atomic mass is 16.3. The number of nitrogens with zero attached hydrogens (tertiary/aromatic N) is 4. The van der Waals surface area contributed by atoms with Crippen LogP contribution in [0.1, 0.15) is 29.9 Å². The summed E-state index contributed by atoms with van der Waals surface area (Å²) in [5.74, 6) is 0.782. The van der Waals surface area contributed by atoms with Crippen molar-refractivity contribution in [3.05, 3.63) is 29.3 Å². The summed E-state index contributed by atoms with van der Waals surface area (Å²) in [5, 5.41) is 9.52. The van der Waals surface area contributed by atoms with Crippen LogP contribution in [0.5, 0.6) is 0 Å². The SMILES string of the molecule is Cc1cc(C)n2cc(CN3CCC(O)CC3)nc2n1. The van der Waals surface area contributed by atoms with E-state index in [1.165, 1.54) is 0 Å². The van der Waals surface area contributed by atoms with E-state index in [1.54, 1.807) is 0 Å². The number of aryl methyl sites for hydroxylation is 2. The van der Waals surface area contributed by atoms with Crippen LogP contribution in [0.3, 0.4) is 0 Å². The van der Waals surface area contributed by atoms with Gasteiger partial charge in [0.15, 0.2) is 0 Å². The van der Waals surface area contributed by atoms with Gasteiger partial charge in [0.1, 0.15) is 0 Å². The Hall–Kier alpha value is -1.46. The molecule has 0 radical (unpaired) electrons. The second-order valence-electron chi connectivity index (χ2n) is 5.45. The number of aliphatic hydroxyl groups is 1. The van der Waals surface area contributed by atoms with E-state index >= 15 is 0 Å². The summed E-state index contributed by atoms with van der Waals surface area (Å²) >= 11 is 0. The van der Waals surface area contributed by atoms with E-state index in [0.717, 1.165) is 55.3 Å². The lowest BCUT2D eigenvalue weighted by molar-refractivity contribution is 0.0787. The zero-order valence-electron chi connectivity index (χ0n) is 11.5. The molecule has 5 nitrogen and oxygen atoms in total. The third kappa shape index (κ3) is 2.62. The predicted octanol–water partition coefficient (Wildman–Crippen LogP) is 1.30. The summed E-state index contributed by atoms with van der Waals surface area (Å²) in [5.41, 5.74) is 3.22. The number of imidazole rings is 1. The van der Waals surface area contributed by atoms with Crippen molar-refractivity contribution in [1.29, 1.82) is 0 Å². The molecular weight excluding hydrogens is 240 g/mol. The number of piperidine rings is 1. The molecule has 0 spiro atoms.